The zero-order valence-corrected chi connectivity index (χ0v) is 13.6. The van der Waals surface area contributed by atoms with Gasteiger partial charge in [-0.25, -0.2) is 0 Å². The van der Waals surface area contributed by atoms with E-state index in [2.05, 4.69) is 5.32 Å². The molecule has 1 aliphatic rings. The van der Waals surface area contributed by atoms with Crippen molar-refractivity contribution in [3.63, 3.8) is 0 Å². The molecule has 1 atom stereocenters. The Balaban J connectivity index is 2.13. The minimum atomic E-state index is -0.658. The van der Waals surface area contributed by atoms with Gasteiger partial charge in [0.15, 0.2) is 5.69 Å². The fraction of sp³-hybridized carbons (Fsp3) is 0.294. The highest BCUT2D eigenvalue weighted by molar-refractivity contribution is 5.78. The maximum absolute atomic E-state index is 11.6. The molecule has 2 aromatic carbocycles. The highest BCUT2D eigenvalue weighted by atomic mass is 16.6. The first-order valence-corrected chi connectivity index (χ1v) is 7.84. The Kier molecular flexibility index (Phi) is 4.37. The predicted molar refractivity (Wildman–Crippen MR) is 91.5 cm³/mol. The molecule has 0 radical (unpaired) electrons. The Hall–Kier alpha value is -3.00. The Morgan fingerprint density at radius 2 is 1.96 bits per heavy atom. The summed E-state index contributed by atoms with van der Waals surface area (Å²) in [7, 11) is 0. The summed E-state index contributed by atoms with van der Waals surface area (Å²) in [5, 5.41) is 35.4. The number of nitrogens with zero attached hydrogens (tertiary/aromatic N) is 2. The molecule has 2 N–H and O–H groups in total. The SMILES string of the molecule is Cc1c(CO)cc([N+](=O)[O-])c(N[C@H]2CCc3ccccc32)c1[N+](=O)[O-]. The van der Waals surface area contributed by atoms with E-state index >= 15 is 0 Å². The number of aliphatic hydroxyl groups is 1. The zero-order chi connectivity index (χ0) is 18.1. The van der Waals surface area contributed by atoms with E-state index in [0.717, 1.165) is 17.5 Å². The van der Waals surface area contributed by atoms with Crippen molar-refractivity contribution >= 4 is 17.1 Å². The molecule has 8 nitrogen and oxygen atoms in total. The minimum Gasteiger partial charge on any atom is -0.392 e. The van der Waals surface area contributed by atoms with Gasteiger partial charge in [-0.3, -0.25) is 20.2 Å². The molecule has 0 spiro atoms. The molecular weight excluding hydrogens is 326 g/mol. The Bertz CT molecular complexity index is 866. The van der Waals surface area contributed by atoms with Crippen molar-refractivity contribution in [2.24, 2.45) is 0 Å². The molecule has 3 rings (SSSR count). The van der Waals surface area contributed by atoms with Crippen LogP contribution < -0.4 is 5.32 Å². The molecule has 0 aromatic heterocycles. The van der Waals surface area contributed by atoms with Gasteiger partial charge in [0.2, 0.25) is 0 Å². The second kappa shape index (κ2) is 6.48. The summed E-state index contributed by atoms with van der Waals surface area (Å²) in [6.07, 6.45) is 1.51. The number of benzene rings is 2. The summed E-state index contributed by atoms with van der Waals surface area (Å²) in [4.78, 5) is 21.7. The van der Waals surface area contributed by atoms with E-state index in [1.807, 2.05) is 24.3 Å². The third-order valence-electron chi connectivity index (χ3n) is 4.64. The molecule has 25 heavy (non-hydrogen) atoms. The van der Waals surface area contributed by atoms with Gasteiger partial charge in [0.05, 0.1) is 22.5 Å². The van der Waals surface area contributed by atoms with Gasteiger partial charge >= 0.3 is 5.69 Å². The van der Waals surface area contributed by atoms with Gasteiger partial charge in [0, 0.05) is 11.6 Å². The lowest BCUT2D eigenvalue weighted by atomic mass is 10.0. The zero-order valence-electron chi connectivity index (χ0n) is 13.6. The highest BCUT2D eigenvalue weighted by Gasteiger charge is 2.33. The summed E-state index contributed by atoms with van der Waals surface area (Å²) in [6.45, 7) is 0.987. The van der Waals surface area contributed by atoms with Gasteiger partial charge in [-0.2, -0.15) is 0 Å². The van der Waals surface area contributed by atoms with Crippen molar-refractivity contribution in [3.8, 4) is 0 Å². The molecule has 0 amide bonds. The van der Waals surface area contributed by atoms with Gasteiger partial charge in [-0.05, 0) is 36.5 Å². The average molecular weight is 343 g/mol. The molecule has 1 aliphatic carbocycles. The third kappa shape index (κ3) is 2.91. The van der Waals surface area contributed by atoms with Crippen molar-refractivity contribution in [1.82, 2.24) is 0 Å². The van der Waals surface area contributed by atoms with E-state index in [1.165, 1.54) is 13.0 Å². The summed E-state index contributed by atoms with van der Waals surface area (Å²) in [6, 6.07) is 8.68. The Morgan fingerprint density at radius 3 is 2.60 bits per heavy atom. The molecule has 0 bridgehead atoms. The van der Waals surface area contributed by atoms with Crippen molar-refractivity contribution < 1.29 is 15.0 Å². The van der Waals surface area contributed by atoms with Gasteiger partial charge in [0.1, 0.15) is 0 Å². The number of hydrogen-bond donors (Lipinski definition) is 2. The largest absolute Gasteiger partial charge is 0.392 e. The first-order valence-electron chi connectivity index (χ1n) is 7.84. The monoisotopic (exact) mass is 343 g/mol. The first kappa shape index (κ1) is 16.8. The standard InChI is InChI=1S/C17H17N3O5/c1-10-12(9-21)8-15(19(22)23)16(17(10)20(24)25)18-14-7-6-11-4-2-3-5-13(11)14/h2-5,8,14,18,21H,6-7,9H2,1H3/t14-/m0/s1. The van der Waals surface area contributed by atoms with Crippen LogP contribution in [0, 0.1) is 27.2 Å². The topological polar surface area (TPSA) is 119 Å². The molecule has 0 unspecified atom stereocenters. The van der Waals surface area contributed by atoms with Crippen molar-refractivity contribution in [2.45, 2.75) is 32.4 Å². The number of nitro benzene ring substituents is 2. The number of hydrogen-bond acceptors (Lipinski definition) is 6. The lowest BCUT2D eigenvalue weighted by Crippen LogP contribution is -2.12. The molecule has 130 valence electrons. The van der Waals surface area contributed by atoms with Crippen LogP contribution in [-0.2, 0) is 13.0 Å². The fourth-order valence-electron chi connectivity index (χ4n) is 3.37. The molecule has 0 saturated carbocycles. The maximum atomic E-state index is 11.6. The van der Waals surface area contributed by atoms with Crippen molar-refractivity contribution in [3.05, 3.63) is 72.8 Å². The van der Waals surface area contributed by atoms with Crippen LogP contribution in [0.3, 0.4) is 0 Å². The number of anilines is 1. The number of nitro groups is 2. The van der Waals surface area contributed by atoms with Gasteiger partial charge in [-0.15, -0.1) is 0 Å². The van der Waals surface area contributed by atoms with Gasteiger partial charge in [0.25, 0.3) is 5.69 Å². The second-order valence-electron chi connectivity index (χ2n) is 6.01. The van der Waals surface area contributed by atoms with E-state index in [0.29, 0.717) is 6.42 Å². The van der Waals surface area contributed by atoms with Crippen molar-refractivity contribution in [2.75, 3.05) is 5.32 Å². The predicted octanol–water partition coefficient (Wildman–Crippen LogP) is 3.40. The molecule has 0 heterocycles. The van der Waals surface area contributed by atoms with E-state index in [9.17, 15) is 25.3 Å². The van der Waals surface area contributed by atoms with E-state index in [1.54, 1.807) is 0 Å². The van der Waals surface area contributed by atoms with Gasteiger partial charge < -0.3 is 10.4 Å². The Labute approximate surface area is 143 Å². The second-order valence-corrected chi connectivity index (χ2v) is 6.01. The van der Waals surface area contributed by atoms with E-state index in [-0.39, 0.29) is 28.5 Å². The normalized spacial score (nSPS) is 15.7. The number of fused-ring (bicyclic) bond motifs is 1. The quantitative estimate of drug-likeness (QED) is 0.634. The van der Waals surface area contributed by atoms with Gasteiger partial charge in [-0.1, -0.05) is 24.3 Å². The van der Waals surface area contributed by atoms with Crippen LogP contribution in [0.25, 0.3) is 0 Å². The lowest BCUT2D eigenvalue weighted by molar-refractivity contribution is -0.392. The number of rotatable bonds is 5. The maximum Gasteiger partial charge on any atom is 0.302 e. The van der Waals surface area contributed by atoms with Crippen LogP contribution in [-0.4, -0.2) is 15.0 Å². The minimum absolute atomic E-state index is 0.105. The molecule has 0 saturated heterocycles. The molecule has 8 heteroatoms. The van der Waals surface area contributed by atoms with Crippen LogP contribution >= 0.6 is 0 Å². The van der Waals surface area contributed by atoms with Crippen LogP contribution in [0.5, 0.6) is 0 Å². The lowest BCUT2D eigenvalue weighted by Gasteiger charge is -2.17. The van der Waals surface area contributed by atoms with Crippen LogP contribution in [0.2, 0.25) is 0 Å². The van der Waals surface area contributed by atoms with Crippen LogP contribution in [0.1, 0.15) is 34.7 Å². The summed E-state index contributed by atoms with van der Waals surface area (Å²) < 4.78 is 0. The summed E-state index contributed by atoms with van der Waals surface area (Å²) in [5.41, 5.74) is 1.67. The van der Waals surface area contributed by atoms with E-state index < -0.39 is 22.1 Å². The smallest absolute Gasteiger partial charge is 0.302 e. The molecule has 2 aromatic rings. The van der Waals surface area contributed by atoms with Crippen LogP contribution in [0.4, 0.5) is 17.1 Å². The number of aliphatic hydroxyl groups excluding tert-OH is 1. The molecular formula is C17H17N3O5. The summed E-state index contributed by atoms with van der Waals surface area (Å²) in [5.74, 6) is 0. The average Bonchev–Trinajstić information content (AvgIpc) is 2.98. The Morgan fingerprint density at radius 1 is 1.24 bits per heavy atom. The number of aryl methyl sites for hydroxylation is 1. The molecule has 0 fully saturated rings. The summed E-state index contributed by atoms with van der Waals surface area (Å²) >= 11 is 0. The first-order chi connectivity index (χ1) is 11.9. The fourth-order valence-corrected chi connectivity index (χ4v) is 3.37. The molecule has 0 aliphatic heterocycles. The van der Waals surface area contributed by atoms with Crippen molar-refractivity contribution in [1.29, 1.82) is 0 Å². The van der Waals surface area contributed by atoms with Crippen LogP contribution in [0.15, 0.2) is 30.3 Å². The third-order valence-corrected chi connectivity index (χ3v) is 4.64. The number of nitrogens with one attached hydrogen (secondary N) is 1. The highest BCUT2D eigenvalue weighted by Crippen LogP contribution is 2.43. The van der Waals surface area contributed by atoms with E-state index in [4.69, 9.17) is 0 Å².